The summed E-state index contributed by atoms with van der Waals surface area (Å²) in [6.07, 6.45) is 0. The summed E-state index contributed by atoms with van der Waals surface area (Å²) >= 11 is 0. The number of benzene rings is 2. The predicted molar refractivity (Wildman–Crippen MR) is 77.9 cm³/mol. The highest BCUT2D eigenvalue weighted by Crippen LogP contribution is 2.34. The topological polar surface area (TPSA) is 73.9 Å². The first-order chi connectivity index (χ1) is 11.1. The standard InChI is InChI=1S/C16H12FNO5/c17-11-3-1-10(2-4-11)16(20)21-8-15(19)18-12-5-6-13-14(7-12)23-9-22-13/h1-7H,8-9H2,(H,18,19). The van der Waals surface area contributed by atoms with Gasteiger partial charge in [0, 0.05) is 11.8 Å². The molecular formula is C16H12FNO5. The van der Waals surface area contributed by atoms with Gasteiger partial charge >= 0.3 is 5.97 Å². The number of carbonyl (C=O) groups is 2. The molecule has 1 aliphatic heterocycles. The van der Waals surface area contributed by atoms with E-state index >= 15 is 0 Å². The predicted octanol–water partition coefficient (Wildman–Crippen LogP) is 2.35. The maximum Gasteiger partial charge on any atom is 0.338 e. The van der Waals surface area contributed by atoms with Gasteiger partial charge in [-0.05, 0) is 36.4 Å². The van der Waals surface area contributed by atoms with Crippen molar-refractivity contribution in [2.24, 2.45) is 0 Å². The first kappa shape index (κ1) is 14.8. The third-order valence-corrected chi connectivity index (χ3v) is 3.07. The molecule has 0 bridgehead atoms. The molecule has 23 heavy (non-hydrogen) atoms. The van der Waals surface area contributed by atoms with Gasteiger partial charge < -0.3 is 19.5 Å². The summed E-state index contributed by atoms with van der Waals surface area (Å²) in [5, 5.41) is 2.58. The average Bonchev–Trinajstić information content (AvgIpc) is 3.01. The number of rotatable bonds is 4. The normalized spacial score (nSPS) is 11.9. The van der Waals surface area contributed by atoms with E-state index in [4.69, 9.17) is 14.2 Å². The van der Waals surface area contributed by atoms with Gasteiger partial charge in [0.2, 0.25) is 6.79 Å². The maximum atomic E-state index is 12.8. The van der Waals surface area contributed by atoms with Gasteiger partial charge in [-0.3, -0.25) is 4.79 Å². The van der Waals surface area contributed by atoms with Crippen molar-refractivity contribution < 1.29 is 28.2 Å². The zero-order valence-electron chi connectivity index (χ0n) is 11.9. The molecule has 1 heterocycles. The van der Waals surface area contributed by atoms with Gasteiger partial charge in [0.25, 0.3) is 5.91 Å². The summed E-state index contributed by atoms with van der Waals surface area (Å²) in [4.78, 5) is 23.5. The molecule has 0 aliphatic carbocycles. The summed E-state index contributed by atoms with van der Waals surface area (Å²) in [5.74, 6) is -0.524. The SMILES string of the molecule is O=C(COC(=O)c1ccc(F)cc1)Nc1ccc2c(c1)OCO2. The lowest BCUT2D eigenvalue weighted by Crippen LogP contribution is -2.20. The van der Waals surface area contributed by atoms with Gasteiger partial charge in [-0.25, -0.2) is 9.18 Å². The molecule has 0 fully saturated rings. The Balaban J connectivity index is 1.53. The molecule has 0 atom stereocenters. The van der Waals surface area contributed by atoms with E-state index < -0.39 is 24.3 Å². The molecule has 2 aromatic rings. The fourth-order valence-electron chi connectivity index (χ4n) is 1.97. The summed E-state index contributed by atoms with van der Waals surface area (Å²) in [6, 6.07) is 9.78. The second kappa shape index (κ2) is 6.35. The van der Waals surface area contributed by atoms with Crippen molar-refractivity contribution in [3.63, 3.8) is 0 Å². The highest BCUT2D eigenvalue weighted by molar-refractivity contribution is 5.95. The van der Waals surface area contributed by atoms with E-state index in [9.17, 15) is 14.0 Å². The van der Waals surface area contributed by atoms with E-state index in [1.54, 1.807) is 18.2 Å². The second-order valence-corrected chi connectivity index (χ2v) is 4.70. The minimum Gasteiger partial charge on any atom is -0.454 e. The molecule has 2 aromatic carbocycles. The molecule has 1 aliphatic rings. The molecule has 0 spiro atoms. The monoisotopic (exact) mass is 317 g/mol. The van der Waals surface area contributed by atoms with Gasteiger partial charge in [-0.2, -0.15) is 0 Å². The van der Waals surface area contributed by atoms with Crippen LogP contribution in [0.4, 0.5) is 10.1 Å². The Bertz CT molecular complexity index is 745. The zero-order valence-corrected chi connectivity index (χ0v) is 11.9. The number of fused-ring (bicyclic) bond motifs is 1. The van der Waals surface area contributed by atoms with Crippen molar-refractivity contribution >= 4 is 17.6 Å². The summed E-state index contributed by atoms with van der Waals surface area (Å²) in [5.41, 5.74) is 0.666. The molecule has 1 N–H and O–H groups in total. The summed E-state index contributed by atoms with van der Waals surface area (Å²) < 4.78 is 28.0. The lowest BCUT2D eigenvalue weighted by Gasteiger charge is -2.07. The molecule has 3 rings (SSSR count). The van der Waals surface area contributed by atoms with E-state index in [0.29, 0.717) is 17.2 Å². The van der Waals surface area contributed by atoms with Crippen LogP contribution in [-0.2, 0) is 9.53 Å². The van der Waals surface area contributed by atoms with E-state index in [1.165, 1.54) is 12.1 Å². The molecule has 0 aromatic heterocycles. The lowest BCUT2D eigenvalue weighted by molar-refractivity contribution is -0.119. The first-order valence-corrected chi connectivity index (χ1v) is 6.74. The van der Waals surface area contributed by atoms with Gasteiger partial charge in [0.05, 0.1) is 5.56 Å². The van der Waals surface area contributed by atoms with Crippen LogP contribution in [-0.4, -0.2) is 25.3 Å². The fraction of sp³-hybridized carbons (Fsp3) is 0.125. The van der Waals surface area contributed by atoms with Gasteiger partial charge in [0.15, 0.2) is 18.1 Å². The van der Waals surface area contributed by atoms with Crippen LogP contribution in [0.2, 0.25) is 0 Å². The summed E-state index contributed by atoms with van der Waals surface area (Å²) in [6.45, 7) is -0.313. The van der Waals surface area contributed by atoms with Gasteiger partial charge in [0.1, 0.15) is 5.82 Å². The number of ether oxygens (including phenoxy) is 3. The van der Waals surface area contributed by atoms with Gasteiger partial charge in [-0.15, -0.1) is 0 Å². The van der Waals surface area contributed by atoms with Crippen LogP contribution in [0.15, 0.2) is 42.5 Å². The smallest absolute Gasteiger partial charge is 0.338 e. The van der Waals surface area contributed by atoms with Gasteiger partial charge in [-0.1, -0.05) is 0 Å². The molecule has 1 amide bonds. The first-order valence-electron chi connectivity index (χ1n) is 6.74. The Hall–Kier alpha value is -3.09. The Morgan fingerprint density at radius 3 is 2.61 bits per heavy atom. The largest absolute Gasteiger partial charge is 0.454 e. The van der Waals surface area contributed by atoms with Crippen molar-refractivity contribution in [1.82, 2.24) is 0 Å². The molecular weight excluding hydrogens is 305 g/mol. The quantitative estimate of drug-likeness (QED) is 0.876. The zero-order chi connectivity index (χ0) is 16.2. The average molecular weight is 317 g/mol. The number of hydrogen-bond acceptors (Lipinski definition) is 5. The van der Waals surface area contributed by atoms with E-state index in [0.717, 1.165) is 12.1 Å². The van der Waals surface area contributed by atoms with E-state index in [1.807, 2.05) is 0 Å². The van der Waals surface area contributed by atoms with Crippen molar-refractivity contribution in [3.05, 3.63) is 53.8 Å². The molecule has 6 nitrogen and oxygen atoms in total. The van der Waals surface area contributed by atoms with Crippen molar-refractivity contribution in [3.8, 4) is 11.5 Å². The Kier molecular flexibility index (Phi) is 4.09. The highest BCUT2D eigenvalue weighted by atomic mass is 19.1. The number of amides is 1. The number of carbonyl (C=O) groups excluding carboxylic acids is 2. The molecule has 0 radical (unpaired) electrons. The van der Waals surface area contributed by atoms with Crippen LogP contribution in [0, 0.1) is 5.82 Å². The van der Waals surface area contributed by atoms with Crippen LogP contribution in [0.1, 0.15) is 10.4 Å². The van der Waals surface area contributed by atoms with Crippen LogP contribution in [0.3, 0.4) is 0 Å². The second-order valence-electron chi connectivity index (χ2n) is 4.70. The molecule has 0 saturated heterocycles. The number of hydrogen-bond donors (Lipinski definition) is 1. The van der Waals surface area contributed by atoms with Crippen LogP contribution in [0.25, 0.3) is 0 Å². The van der Waals surface area contributed by atoms with Crippen molar-refractivity contribution in [2.75, 3.05) is 18.7 Å². The Morgan fingerprint density at radius 2 is 1.83 bits per heavy atom. The van der Waals surface area contributed by atoms with Crippen molar-refractivity contribution in [1.29, 1.82) is 0 Å². The van der Waals surface area contributed by atoms with Crippen molar-refractivity contribution in [2.45, 2.75) is 0 Å². The number of esters is 1. The Morgan fingerprint density at radius 1 is 1.09 bits per heavy atom. The molecule has 0 unspecified atom stereocenters. The third kappa shape index (κ3) is 3.57. The molecule has 7 heteroatoms. The Labute approximate surface area is 130 Å². The highest BCUT2D eigenvalue weighted by Gasteiger charge is 2.15. The fourth-order valence-corrected chi connectivity index (χ4v) is 1.97. The van der Waals surface area contributed by atoms with E-state index in [-0.39, 0.29) is 12.4 Å². The lowest BCUT2D eigenvalue weighted by atomic mass is 10.2. The number of halogens is 1. The summed E-state index contributed by atoms with van der Waals surface area (Å²) in [7, 11) is 0. The molecule has 0 saturated carbocycles. The number of nitrogens with one attached hydrogen (secondary N) is 1. The van der Waals surface area contributed by atoms with Crippen LogP contribution >= 0.6 is 0 Å². The minimum atomic E-state index is -0.703. The van der Waals surface area contributed by atoms with Crippen LogP contribution < -0.4 is 14.8 Å². The minimum absolute atomic E-state index is 0.141. The third-order valence-electron chi connectivity index (χ3n) is 3.07. The number of anilines is 1. The van der Waals surface area contributed by atoms with E-state index in [2.05, 4.69) is 5.32 Å². The van der Waals surface area contributed by atoms with Crippen LogP contribution in [0.5, 0.6) is 11.5 Å². The molecule has 118 valence electrons. The maximum absolute atomic E-state index is 12.8.